The zero-order valence-corrected chi connectivity index (χ0v) is 12.4. The summed E-state index contributed by atoms with van der Waals surface area (Å²) in [6.45, 7) is 4.60. The van der Waals surface area contributed by atoms with Gasteiger partial charge in [0.15, 0.2) is 0 Å². The van der Waals surface area contributed by atoms with Crippen molar-refractivity contribution in [1.82, 2.24) is 0 Å². The molecule has 0 N–H and O–H groups in total. The van der Waals surface area contributed by atoms with Crippen molar-refractivity contribution < 1.29 is 33.2 Å². The maximum absolute atomic E-state index is 10.8. The molecule has 0 aliphatic rings. The van der Waals surface area contributed by atoms with Gasteiger partial charge in [0.1, 0.15) is 0 Å². The van der Waals surface area contributed by atoms with Crippen molar-refractivity contribution in [3.63, 3.8) is 0 Å². The molecule has 0 atom stereocenters. The first kappa shape index (κ1) is 19.3. The van der Waals surface area contributed by atoms with E-state index in [0.29, 0.717) is 59.5 Å². The molecule has 120 valence electrons. The molecule has 20 heavy (non-hydrogen) atoms. The van der Waals surface area contributed by atoms with Gasteiger partial charge in [-0.1, -0.05) is 0 Å². The molecule has 0 heterocycles. The number of carbonyl (C=O) groups is 1. The van der Waals surface area contributed by atoms with E-state index in [1.165, 1.54) is 7.11 Å². The number of rotatable bonds is 15. The lowest BCUT2D eigenvalue weighted by atomic mass is 10.5. The highest BCUT2D eigenvalue weighted by Gasteiger charge is 1.98. The average molecular weight is 294 g/mol. The molecular formula is C13H26O7. The van der Waals surface area contributed by atoms with Gasteiger partial charge in [-0.2, -0.15) is 0 Å². The lowest BCUT2D eigenvalue weighted by molar-refractivity contribution is -0.141. The standard InChI is InChI=1S/C13H26O7/c1-15-5-6-18-9-10-20-12-11-19-8-7-17-4-3-13(14)16-2/h3-12H2,1-2H3. The van der Waals surface area contributed by atoms with Crippen molar-refractivity contribution in [2.45, 2.75) is 6.42 Å². The van der Waals surface area contributed by atoms with Crippen LogP contribution in [0.2, 0.25) is 0 Å². The topological polar surface area (TPSA) is 72.5 Å². The van der Waals surface area contributed by atoms with Crippen molar-refractivity contribution in [2.24, 2.45) is 0 Å². The van der Waals surface area contributed by atoms with Gasteiger partial charge in [-0.25, -0.2) is 0 Å². The second kappa shape index (κ2) is 16.3. The van der Waals surface area contributed by atoms with E-state index in [0.717, 1.165) is 0 Å². The van der Waals surface area contributed by atoms with Crippen LogP contribution in [-0.2, 0) is 33.2 Å². The van der Waals surface area contributed by atoms with Crippen LogP contribution in [0.3, 0.4) is 0 Å². The minimum Gasteiger partial charge on any atom is -0.469 e. The molecule has 7 heteroatoms. The second-order valence-electron chi connectivity index (χ2n) is 3.77. The molecule has 0 saturated carbocycles. The number of hydrogen-bond acceptors (Lipinski definition) is 7. The Hall–Kier alpha value is -0.730. The summed E-state index contributed by atoms with van der Waals surface area (Å²) >= 11 is 0. The predicted octanol–water partition coefficient (Wildman–Crippen LogP) is 0.262. The van der Waals surface area contributed by atoms with Crippen molar-refractivity contribution >= 4 is 5.97 Å². The molecule has 0 rings (SSSR count). The Balaban J connectivity index is 2.97. The van der Waals surface area contributed by atoms with Crippen LogP contribution in [0.25, 0.3) is 0 Å². The van der Waals surface area contributed by atoms with Gasteiger partial charge >= 0.3 is 5.97 Å². The molecule has 0 aliphatic heterocycles. The van der Waals surface area contributed by atoms with Crippen molar-refractivity contribution in [3.8, 4) is 0 Å². The van der Waals surface area contributed by atoms with Crippen LogP contribution in [-0.4, -0.2) is 79.7 Å². The van der Waals surface area contributed by atoms with Gasteiger partial charge in [0.2, 0.25) is 0 Å². The Morgan fingerprint density at radius 1 is 0.650 bits per heavy atom. The molecule has 0 bridgehead atoms. The van der Waals surface area contributed by atoms with Gasteiger partial charge in [-0.15, -0.1) is 0 Å². The van der Waals surface area contributed by atoms with E-state index in [1.807, 2.05) is 0 Å². The Labute approximate surface area is 120 Å². The summed E-state index contributed by atoms with van der Waals surface area (Å²) in [5, 5.41) is 0. The molecule has 0 aromatic rings. The summed E-state index contributed by atoms with van der Waals surface area (Å²) in [6, 6.07) is 0. The molecule has 0 aromatic carbocycles. The zero-order valence-electron chi connectivity index (χ0n) is 12.4. The van der Waals surface area contributed by atoms with E-state index < -0.39 is 0 Å². The minimum atomic E-state index is -0.271. The molecule has 0 saturated heterocycles. The molecule has 0 aliphatic carbocycles. The Bertz CT molecular complexity index is 211. The first-order chi connectivity index (χ1) is 9.81. The Kier molecular flexibility index (Phi) is 15.7. The monoisotopic (exact) mass is 294 g/mol. The molecule has 0 amide bonds. The summed E-state index contributed by atoms with van der Waals surface area (Å²) in [5.74, 6) is -0.271. The normalized spacial score (nSPS) is 10.7. The van der Waals surface area contributed by atoms with Crippen LogP contribution in [0.15, 0.2) is 0 Å². The highest BCUT2D eigenvalue weighted by atomic mass is 16.6. The van der Waals surface area contributed by atoms with E-state index in [9.17, 15) is 4.79 Å². The summed E-state index contributed by atoms with van der Waals surface area (Å²) in [7, 11) is 2.99. The highest BCUT2D eigenvalue weighted by Crippen LogP contribution is 1.87. The molecule has 0 spiro atoms. The van der Waals surface area contributed by atoms with E-state index in [1.54, 1.807) is 7.11 Å². The lowest BCUT2D eigenvalue weighted by Gasteiger charge is -2.07. The van der Waals surface area contributed by atoms with Gasteiger partial charge in [0, 0.05) is 7.11 Å². The van der Waals surface area contributed by atoms with Crippen LogP contribution in [0.1, 0.15) is 6.42 Å². The molecular weight excluding hydrogens is 268 g/mol. The largest absolute Gasteiger partial charge is 0.469 e. The van der Waals surface area contributed by atoms with E-state index in [-0.39, 0.29) is 12.4 Å². The third kappa shape index (κ3) is 15.3. The number of methoxy groups -OCH3 is 2. The van der Waals surface area contributed by atoms with Gasteiger partial charge in [-0.05, 0) is 0 Å². The van der Waals surface area contributed by atoms with Crippen molar-refractivity contribution in [1.29, 1.82) is 0 Å². The van der Waals surface area contributed by atoms with Crippen LogP contribution in [0.4, 0.5) is 0 Å². The second-order valence-corrected chi connectivity index (χ2v) is 3.77. The summed E-state index contributed by atoms with van der Waals surface area (Å²) < 4.78 is 30.3. The number of carbonyl (C=O) groups excluding carboxylic acids is 1. The van der Waals surface area contributed by atoms with Gasteiger partial charge < -0.3 is 28.4 Å². The Morgan fingerprint density at radius 3 is 1.45 bits per heavy atom. The van der Waals surface area contributed by atoms with Crippen LogP contribution in [0, 0.1) is 0 Å². The third-order valence-corrected chi connectivity index (χ3v) is 2.23. The van der Waals surface area contributed by atoms with Crippen molar-refractivity contribution in [2.75, 3.05) is 73.7 Å². The third-order valence-electron chi connectivity index (χ3n) is 2.23. The molecule has 0 radical (unpaired) electrons. The molecule has 0 aromatic heterocycles. The fraction of sp³-hybridized carbons (Fsp3) is 0.923. The quantitative estimate of drug-likeness (QED) is 0.317. The van der Waals surface area contributed by atoms with Gasteiger partial charge in [-0.3, -0.25) is 4.79 Å². The first-order valence-corrected chi connectivity index (χ1v) is 6.68. The van der Waals surface area contributed by atoms with E-state index in [2.05, 4.69) is 4.74 Å². The SMILES string of the molecule is COCCOCCOCCOCCOCCC(=O)OC. The van der Waals surface area contributed by atoms with Crippen molar-refractivity contribution in [3.05, 3.63) is 0 Å². The van der Waals surface area contributed by atoms with E-state index >= 15 is 0 Å². The van der Waals surface area contributed by atoms with Crippen LogP contribution in [0.5, 0.6) is 0 Å². The lowest BCUT2D eigenvalue weighted by Crippen LogP contribution is -2.13. The predicted molar refractivity (Wildman–Crippen MR) is 71.8 cm³/mol. The smallest absolute Gasteiger partial charge is 0.307 e. The number of esters is 1. The van der Waals surface area contributed by atoms with E-state index in [4.69, 9.17) is 23.7 Å². The van der Waals surface area contributed by atoms with Crippen LogP contribution < -0.4 is 0 Å². The summed E-state index contributed by atoms with van der Waals surface area (Å²) in [5.41, 5.74) is 0. The fourth-order valence-electron chi connectivity index (χ4n) is 1.16. The first-order valence-electron chi connectivity index (χ1n) is 6.68. The highest BCUT2D eigenvalue weighted by molar-refractivity contribution is 5.69. The summed E-state index contributed by atoms with van der Waals surface area (Å²) in [6.07, 6.45) is 0.267. The maximum Gasteiger partial charge on any atom is 0.307 e. The zero-order chi connectivity index (χ0) is 14.9. The summed E-state index contributed by atoms with van der Waals surface area (Å²) in [4.78, 5) is 10.8. The molecule has 0 unspecified atom stereocenters. The van der Waals surface area contributed by atoms with Gasteiger partial charge in [0.25, 0.3) is 0 Å². The number of ether oxygens (including phenoxy) is 6. The molecule has 7 nitrogen and oxygen atoms in total. The minimum absolute atomic E-state index is 0.267. The maximum atomic E-state index is 10.8. The molecule has 0 fully saturated rings. The average Bonchev–Trinajstić information content (AvgIpc) is 2.47. The Morgan fingerprint density at radius 2 is 1.05 bits per heavy atom. The van der Waals surface area contributed by atoms with Gasteiger partial charge in [0.05, 0.1) is 73.0 Å². The fourth-order valence-corrected chi connectivity index (χ4v) is 1.16. The van der Waals surface area contributed by atoms with Crippen LogP contribution >= 0.6 is 0 Å². The number of hydrogen-bond donors (Lipinski definition) is 0.